The van der Waals surface area contributed by atoms with Gasteiger partial charge in [-0.25, -0.2) is 0 Å². The van der Waals surface area contributed by atoms with Crippen LogP contribution >= 0.6 is 0 Å². The zero-order chi connectivity index (χ0) is 18.8. The first kappa shape index (κ1) is 20.1. The summed E-state index contributed by atoms with van der Waals surface area (Å²) in [6.45, 7) is 12.8. The number of hydrogen-bond acceptors (Lipinski definition) is 3. The standard InChI is InChI=1S/C20H33N5O/c1-4-21-20(22-13-12-19(26)23(5-2)6-3)25-16-14-24(15-17-25)18-10-8-7-9-11-18/h7-11H,4-6,12-17H2,1-3H3,(H,21,22). The third-order valence-corrected chi connectivity index (χ3v) is 4.74. The molecule has 2 rings (SSSR count). The predicted molar refractivity (Wildman–Crippen MR) is 109 cm³/mol. The summed E-state index contributed by atoms with van der Waals surface area (Å²) in [5, 5.41) is 3.37. The molecular weight excluding hydrogens is 326 g/mol. The van der Waals surface area contributed by atoms with Crippen molar-refractivity contribution >= 4 is 17.6 Å². The molecule has 6 heteroatoms. The largest absolute Gasteiger partial charge is 0.368 e. The van der Waals surface area contributed by atoms with Gasteiger partial charge in [0.25, 0.3) is 0 Å². The predicted octanol–water partition coefficient (Wildman–Crippen LogP) is 2.03. The van der Waals surface area contributed by atoms with Crippen LogP contribution in [0.25, 0.3) is 0 Å². The fourth-order valence-electron chi connectivity index (χ4n) is 3.23. The van der Waals surface area contributed by atoms with E-state index < -0.39 is 0 Å². The highest BCUT2D eigenvalue weighted by Gasteiger charge is 2.19. The molecule has 0 spiro atoms. The van der Waals surface area contributed by atoms with Crippen molar-refractivity contribution in [1.29, 1.82) is 0 Å². The van der Waals surface area contributed by atoms with E-state index in [0.717, 1.165) is 51.8 Å². The van der Waals surface area contributed by atoms with Crippen molar-refractivity contribution in [3.63, 3.8) is 0 Å². The highest BCUT2D eigenvalue weighted by molar-refractivity contribution is 5.81. The van der Waals surface area contributed by atoms with Gasteiger partial charge in [0.1, 0.15) is 0 Å². The minimum atomic E-state index is 0.184. The summed E-state index contributed by atoms with van der Waals surface area (Å²) < 4.78 is 0. The fraction of sp³-hybridized carbons (Fsp3) is 0.600. The molecule has 0 atom stereocenters. The van der Waals surface area contributed by atoms with E-state index in [9.17, 15) is 4.79 Å². The van der Waals surface area contributed by atoms with E-state index in [4.69, 9.17) is 4.99 Å². The van der Waals surface area contributed by atoms with Gasteiger partial charge < -0.3 is 20.0 Å². The van der Waals surface area contributed by atoms with Gasteiger partial charge in [-0.15, -0.1) is 0 Å². The Bertz CT molecular complexity index is 563. The third kappa shape index (κ3) is 5.64. The number of hydrogen-bond donors (Lipinski definition) is 1. The van der Waals surface area contributed by atoms with Crippen molar-refractivity contribution in [2.24, 2.45) is 4.99 Å². The number of carbonyl (C=O) groups excluding carboxylic acids is 1. The maximum atomic E-state index is 12.1. The monoisotopic (exact) mass is 359 g/mol. The molecule has 1 aliphatic heterocycles. The van der Waals surface area contributed by atoms with Crippen molar-refractivity contribution < 1.29 is 4.79 Å². The van der Waals surface area contributed by atoms with E-state index >= 15 is 0 Å². The molecular formula is C20H33N5O. The van der Waals surface area contributed by atoms with Gasteiger partial charge in [-0.1, -0.05) is 18.2 Å². The molecule has 0 saturated carbocycles. The van der Waals surface area contributed by atoms with Crippen LogP contribution in [0.1, 0.15) is 27.2 Å². The number of rotatable bonds is 7. The summed E-state index contributed by atoms with van der Waals surface area (Å²) in [6, 6.07) is 10.5. The summed E-state index contributed by atoms with van der Waals surface area (Å²) >= 11 is 0. The van der Waals surface area contributed by atoms with Gasteiger partial charge in [-0.2, -0.15) is 0 Å². The molecule has 1 aliphatic rings. The Morgan fingerprint density at radius 2 is 1.73 bits per heavy atom. The third-order valence-electron chi connectivity index (χ3n) is 4.74. The van der Waals surface area contributed by atoms with Crippen LogP contribution in [0, 0.1) is 0 Å². The number of amides is 1. The molecule has 0 aromatic heterocycles. The first-order chi connectivity index (χ1) is 12.7. The van der Waals surface area contributed by atoms with E-state index in [2.05, 4.69) is 52.4 Å². The minimum Gasteiger partial charge on any atom is -0.368 e. The number of anilines is 1. The average Bonchev–Trinajstić information content (AvgIpc) is 2.69. The van der Waals surface area contributed by atoms with Crippen LogP contribution < -0.4 is 10.2 Å². The molecule has 0 aliphatic carbocycles. The van der Waals surface area contributed by atoms with Crippen LogP contribution in [0.5, 0.6) is 0 Å². The van der Waals surface area contributed by atoms with Gasteiger partial charge in [-0.05, 0) is 32.9 Å². The molecule has 0 radical (unpaired) electrons. The second-order valence-corrected chi connectivity index (χ2v) is 6.36. The van der Waals surface area contributed by atoms with Crippen molar-refractivity contribution in [3.8, 4) is 0 Å². The quantitative estimate of drug-likeness (QED) is 0.598. The number of piperazine rings is 1. The van der Waals surface area contributed by atoms with Gasteiger partial charge in [0, 0.05) is 57.9 Å². The van der Waals surface area contributed by atoms with Crippen molar-refractivity contribution in [2.45, 2.75) is 27.2 Å². The van der Waals surface area contributed by atoms with E-state index in [-0.39, 0.29) is 5.91 Å². The maximum absolute atomic E-state index is 12.1. The Kier molecular flexibility index (Phi) is 8.25. The number of aliphatic imine (C=N–C) groups is 1. The highest BCUT2D eigenvalue weighted by atomic mass is 16.2. The Balaban J connectivity index is 1.88. The second-order valence-electron chi connectivity index (χ2n) is 6.36. The Labute approximate surface area is 157 Å². The van der Waals surface area contributed by atoms with Crippen molar-refractivity contribution in [2.75, 3.05) is 57.3 Å². The number of para-hydroxylation sites is 1. The lowest BCUT2D eigenvalue weighted by molar-refractivity contribution is -0.130. The summed E-state index contributed by atoms with van der Waals surface area (Å²) in [6.07, 6.45) is 0.473. The van der Waals surface area contributed by atoms with E-state index in [1.165, 1.54) is 5.69 Å². The van der Waals surface area contributed by atoms with Crippen LogP contribution in [0.3, 0.4) is 0 Å². The van der Waals surface area contributed by atoms with Crippen molar-refractivity contribution in [3.05, 3.63) is 30.3 Å². The minimum absolute atomic E-state index is 0.184. The van der Waals surface area contributed by atoms with Crippen molar-refractivity contribution in [1.82, 2.24) is 15.1 Å². The molecule has 1 aromatic carbocycles. The summed E-state index contributed by atoms with van der Waals surface area (Å²) in [4.78, 5) is 23.4. The Morgan fingerprint density at radius 3 is 2.31 bits per heavy atom. The summed E-state index contributed by atoms with van der Waals surface area (Å²) in [5.74, 6) is 1.11. The van der Waals surface area contributed by atoms with Gasteiger partial charge in [0.15, 0.2) is 5.96 Å². The molecule has 1 aromatic rings. The number of guanidine groups is 1. The molecule has 1 N–H and O–H groups in total. The Hall–Kier alpha value is -2.24. The first-order valence-corrected chi connectivity index (χ1v) is 9.80. The van der Waals surface area contributed by atoms with E-state index in [1.807, 2.05) is 18.7 Å². The molecule has 1 fully saturated rings. The second kappa shape index (κ2) is 10.7. The highest BCUT2D eigenvalue weighted by Crippen LogP contribution is 2.15. The normalized spacial score (nSPS) is 15.1. The fourth-order valence-corrected chi connectivity index (χ4v) is 3.23. The van der Waals surface area contributed by atoms with E-state index in [0.29, 0.717) is 13.0 Å². The zero-order valence-corrected chi connectivity index (χ0v) is 16.4. The lowest BCUT2D eigenvalue weighted by Gasteiger charge is -2.37. The number of benzene rings is 1. The lowest BCUT2D eigenvalue weighted by atomic mass is 10.2. The molecule has 1 amide bonds. The molecule has 0 unspecified atom stereocenters. The van der Waals surface area contributed by atoms with Crippen LogP contribution in [-0.2, 0) is 4.79 Å². The molecule has 0 bridgehead atoms. The topological polar surface area (TPSA) is 51.2 Å². The maximum Gasteiger partial charge on any atom is 0.224 e. The van der Waals surface area contributed by atoms with Crippen LogP contribution in [0.2, 0.25) is 0 Å². The molecule has 26 heavy (non-hydrogen) atoms. The summed E-state index contributed by atoms with van der Waals surface area (Å²) in [5.41, 5.74) is 1.28. The van der Waals surface area contributed by atoms with Gasteiger partial charge in [0.05, 0.1) is 6.54 Å². The summed E-state index contributed by atoms with van der Waals surface area (Å²) in [7, 11) is 0. The smallest absolute Gasteiger partial charge is 0.224 e. The molecule has 1 saturated heterocycles. The first-order valence-electron chi connectivity index (χ1n) is 9.80. The van der Waals surface area contributed by atoms with Crippen LogP contribution in [0.4, 0.5) is 5.69 Å². The number of nitrogens with one attached hydrogen (secondary N) is 1. The molecule has 144 valence electrons. The number of carbonyl (C=O) groups is 1. The number of nitrogens with zero attached hydrogens (tertiary/aromatic N) is 4. The van der Waals surface area contributed by atoms with Gasteiger partial charge in [0.2, 0.25) is 5.91 Å². The van der Waals surface area contributed by atoms with E-state index in [1.54, 1.807) is 0 Å². The molecule has 1 heterocycles. The van der Waals surface area contributed by atoms with Gasteiger partial charge >= 0.3 is 0 Å². The van der Waals surface area contributed by atoms with Gasteiger partial charge in [-0.3, -0.25) is 9.79 Å². The molecule has 6 nitrogen and oxygen atoms in total. The zero-order valence-electron chi connectivity index (χ0n) is 16.4. The van der Waals surface area contributed by atoms with Crippen LogP contribution in [0.15, 0.2) is 35.3 Å². The lowest BCUT2D eigenvalue weighted by Crippen LogP contribution is -2.52. The average molecular weight is 360 g/mol. The SMILES string of the molecule is CCNC(=NCCC(=O)N(CC)CC)N1CCN(c2ccccc2)CC1. The Morgan fingerprint density at radius 1 is 1.08 bits per heavy atom. The van der Waals surface area contributed by atoms with Crippen LogP contribution in [-0.4, -0.2) is 74.0 Å².